The molecule has 1 aliphatic rings. The molecule has 11 heteroatoms. The van der Waals surface area contributed by atoms with Gasteiger partial charge in [-0.2, -0.15) is 18.3 Å². The van der Waals surface area contributed by atoms with Crippen LogP contribution in [0.5, 0.6) is 0 Å². The number of nitrogens with one attached hydrogen (secondary N) is 1. The Morgan fingerprint density at radius 3 is 2.62 bits per heavy atom. The van der Waals surface area contributed by atoms with Crippen LogP contribution in [0.2, 0.25) is 0 Å². The molecule has 0 radical (unpaired) electrons. The van der Waals surface area contributed by atoms with Crippen molar-refractivity contribution in [3.8, 4) is 0 Å². The molecule has 2 N–H and O–H groups in total. The molecule has 4 rings (SSSR count). The van der Waals surface area contributed by atoms with E-state index in [0.717, 1.165) is 12.1 Å². The Balaban J connectivity index is 1.63. The Morgan fingerprint density at radius 2 is 1.97 bits per heavy atom. The minimum Gasteiger partial charge on any atom is -0.390 e. The number of aliphatic hydroxyl groups excluding tert-OH is 1. The molecule has 2 amide bonds. The molecular formula is C21H18F3N5O3. The Labute approximate surface area is 180 Å². The zero-order valence-corrected chi connectivity index (χ0v) is 16.8. The molecule has 1 aliphatic heterocycles. The maximum atomic E-state index is 13.2. The smallest absolute Gasteiger partial charge is 0.390 e. The minimum atomic E-state index is -4.48. The molecule has 2 aromatic heterocycles. The van der Waals surface area contributed by atoms with Gasteiger partial charge in [-0.05, 0) is 43.3 Å². The lowest BCUT2D eigenvalue weighted by molar-refractivity contribution is -0.137. The fourth-order valence-corrected chi connectivity index (χ4v) is 3.52. The van der Waals surface area contributed by atoms with Crippen LogP contribution in [0, 0.1) is 0 Å². The van der Waals surface area contributed by atoms with Crippen molar-refractivity contribution < 1.29 is 27.9 Å². The number of aliphatic hydroxyl groups is 1. The highest BCUT2D eigenvalue weighted by Crippen LogP contribution is 2.33. The Kier molecular flexibility index (Phi) is 5.43. The van der Waals surface area contributed by atoms with Crippen molar-refractivity contribution in [2.75, 3.05) is 16.8 Å². The van der Waals surface area contributed by atoms with Crippen molar-refractivity contribution in [3.63, 3.8) is 0 Å². The summed E-state index contributed by atoms with van der Waals surface area (Å²) in [6, 6.07) is 7.00. The molecule has 166 valence electrons. The standard InChI is InChI=1S/C21H18F3N5O3/c1-12-10-28(16-4-2-13(3-5-16)21(22,23)24)20(32)18-17(9-26-29(12)18)19(31)27-14-6-7-25-15(8-14)11-30/h2-9,12,30H,10-11H2,1H3,(H,25,27,31). The molecule has 0 spiro atoms. The number of fused-ring (bicyclic) bond motifs is 1. The summed E-state index contributed by atoms with van der Waals surface area (Å²) >= 11 is 0. The van der Waals surface area contributed by atoms with Crippen molar-refractivity contribution in [2.45, 2.75) is 25.7 Å². The maximum Gasteiger partial charge on any atom is 0.416 e. The van der Waals surface area contributed by atoms with Gasteiger partial charge in [0.15, 0.2) is 0 Å². The Morgan fingerprint density at radius 1 is 1.25 bits per heavy atom. The van der Waals surface area contributed by atoms with E-state index in [1.807, 2.05) is 0 Å². The number of hydrogen-bond donors (Lipinski definition) is 2. The van der Waals surface area contributed by atoms with Gasteiger partial charge in [-0.1, -0.05) is 0 Å². The van der Waals surface area contributed by atoms with E-state index in [1.165, 1.54) is 46.2 Å². The lowest BCUT2D eigenvalue weighted by Crippen LogP contribution is -2.43. The van der Waals surface area contributed by atoms with Gasteiger partial charge in [-0.3, -0.25) is 19.3 Å². The van der Waals surface area contributed by atoms with Crippen molar-refractivity contribution in [3.05, 3.63) is 71.3 Å². The highest BCUT2D eigenvalue weighted by atomic mass is 19.4. The fraction of sp³-hybridized carbons (Fsp3) is 0.238. The molecule has 0 aliphatic carbocycles. The molecule has 1 atom stereocenters. The monoisotopic (exact) mass is 445 g/mol. The second-order valence-electron chi connectivity index (χ2n) is 7.31. The predicted octanol–water partition coefficient (Wildman–Crippen LogP) is 3.26. The van der Waals surface area contributed by atoms with Crippen molar-refractivity contribution in [2.24, 2.45) is 0 Å². The highest BCUT2D eigenvalue weighted by molar-refractivity contribution is 6.15. The minimum absolute atomic E-state index is 0.0285. The predicted molar refractivity (Wildman–Crippen MR) is 108 cm³/mol. The summed E-state index contributed by atoms with van der Waals surface area (Å²) in [5.74, 6) is -1.13. The molecule has 1 aromatic carbocycles. The summed E-state index contributed by atoms with van der Waals surface area (Å²) < 4.78 is 40.0. The van der Waals surface area contributed by atoms with Crippen LogP contribution < -0.4 is 10.2 Å². The normalized spacial score (nSPS) is 16.1. The molecule has 3 aromatic rings. The Hall–Kier alpha value is -3.73. The van der Waals surface area contributed by atoms with Gasteiger partial charge in [0.05, 0.1) is 35.7 Å². The van der Waals surface area contributed by atoms with E-state index in [2.05, 4.69) is 15.4 Å². The summed E-state index contributed by atoms with van der Waals surface area (Å²) in [5.41, 5.74) is 0.278. The van der Waals surface area contributed by atoms with Gasteiger partial charge >= 0.3 is 6.18 Å². The van der Waals surface area contributed by atoms with Gasteiger partial charge in [0.1, 0.15) is 5.69 Å². The largest absolute Gasteiger partial charge is 0.416 e. The first kappa shape index (κ1) is 21.5. The number of anilines is 2. The van der Waals surface area contributed by atoms with Crippen LogP contribution in [-0.4, -0.2) is 38.2 Å². The highest BCUT2D eigenvalue weighted by Gasteiger charge is 2.36. The summed E-state index contributed by atoms with van der Waals surface area (Å²) in [7, 11) is 0. The van der Waals surface area contributed by atoms with Crippen LogP contribution >= 0.6 is 0 Å². The first-order valence-electron chi connectivity index (χ1n) is 9.63. The van der Waals surface area contributed by atoms with E-state index in [9.17, 15) is 27.9 Å². The van der Waals surface area contributed by atoms with E-state index in [1.54, 1.807) is 6.92 Å². The number of benzene rings is 1. The van der Waals surface area contributed by atoms with Crippen LogP contribution in [0.1, 0.15) is 45.1 Å². The number of halogens is 3. The molecule has 1 unspecified atom stereocenters. The summed E-state index contributed by atoms with van der Waals surface area (Å²) in [5, 5.41) is 16.0. The second kappa shape index (κ2) is 8.08. The Bertz CT molecular complexity index is 1170. The van der Waals surface area contributed by atoms with Crippen LogP contribution in [-0.2, 0) is 12.8 Å². The van der Waals surface area contributed by atoms with E-state index in [-0.39, 0.29) is 36.1 Å². The zero-order valence-electron chi connectivity index (χ0n) is 16.8. The van der Waals surface area contributed by atoms with E-state index >= 15 is 0 Å². The van der Waals surface area contributed by atoms with E-state index < -0.39 is 23.6 Å². The third-order valence-electron chi connectivity index (χ3n) is 5.09. The van der Waals surface area contributed by atoms with E-state index in [0.29, 0.717) is 11.4 Å². The topological polar surface area (TPSA) is 100 Å². The lowest BCUT2D eigenvalue weighted by atomic mass is 10.1. The van der Waals surface area contributed by atoms with Crippen LogP contribution in [0.3, 0.4) is 0 Å². The molecule has 8 nitrogen and oxygen atoms in total. The summed E-state index contributed by atoms with van der Waals surface area (Å²) in [6.07, 6.45) is -1.78. The van der Waals surface area contributed by atoms with Crippen molar-refractivity contribution >= 4 is 23.2 Å². The first-order chi connectivity index (χ1) is 15.2. The average Bonchev–Trinajstić information content (AvgIpc) is 3.22. The first-order valence-corrected chi connectivity index (χ1v) is 9.63. The average molecular weight is 445 g/mol. The van der Waals surface area contributed by atoms with E-state index in [4.69, 9.17) is 0 Å². The third-order valence-corrected chi connectivity index (χ3v) is 5.09. The van der Waals surface area contributed by atoms with Gasteiger partial charge in [-0.25, -0.2) is 0 Å². The number of carbonyl (C=O) groups is 2. The van der Waals surface area contributed by atoms with Crippen molar-refractivity contribution in [1.29, 1.82) is 0 Å². The van der Waals surface area contributed by atoms with Gasteiger partial charge in [0.2, 0.25) is 0 Å². The van der Waals surface area contributed by atoms with Gasteiger partial charge in [-0.15, -0.1) is 0 Å². The SMILES string of the molecule is CC1CN(c2ccc(C(F)(F)F)cc2)C(=O)c2c(C(=O)Nc3ccnc(CO)c3)cnn21. The fourth-order valence-electron chi connectivity index (χ4n) is 3.52. The molecule has 0 saturated heterocycles. The maximum absolute atomic E-state index is 13.2. The molecular weight excluding hydrogens is 427 g/mol. The van der Waals surface area contributed by atoms with Gasteiger partial charge < -0.3 is 15.3 Å². The van der Waals surface area contributed by atoms with Crippen LogP contribution in [0.15, 0.2) is 48.8 Å². The number of nitrogens with zero attached hydrogens (tertiary/aromatic N) is 4. The number of hydrogen-bond acceptors (Lipinski definition) is 5. The van der Waals surface area contributed by atoms with Gasteiger partial charge in [0, 0.05) is 24.1 Å². The van der Waals surface area contributed by atoms with Crippen LogP contribution in [0.25, 0.3) is 0 Å². The number of carbonyl (C=O) groups excluding carboxylic acids is 2. The second-order valence-corrected chi connectivity index (χ2v) is 7.31. The number of pyridine rings is 1. The molecule has 0 bridgehead atoms. The number of amides is 2. The lowest BCUT2D eigenvalue weighted by Gasteiger charge is -2.32. The van der Waals surface area contributed by atoms with Gasteiger partial charge in [0.25, 0.3) is 11.8 Å². The van der Waals surface area contributed by atoms with Crippen LogP contribution in [0.4, 0.5) is 24.5 Å². The number of alkyl halides is 3. The molecule has 0 saturated carbocycles. The third kappa shape index (κ3) is 3.94. The number of aromatic nitrogens is 3. The summed E-state index contributed by atoms with van der Waals surface area (Å²) in [4.78, 5) is 31.3. The molecule has 0 fully saturated rings. The zero-order chi connectivity index (χ0) is 23.0. The number of rotatable bonds is 4. The summed E-state index contributed by atoms with van der Waals surface area (Å²) in [6.45, 7) is 1.67. The molecule has 3 heterocycles. The van der Waals surface area contributed by atoms with Crippen molar-refractivity contribution in [1.82, 2.24) is 14.8 Å². The quantitative estimate of drug-likeness (QED) is 0.642. The molecule has 32 heavy (non-hydrogen) atoms.